The van der Waals surface area contributed by atoms with E-state index < -0.39 is 0 Å². The fraction of sp³-hybridized carbons (Fsp3) is 0.273. The smallest absolute Gasteiger partial charge is 0.243 e. The summed E-state index contributed by atoms with van der Waals surface area (Å²) in [5.74, 6) is 0.530. The summed E-state index contributed by atoms with van der Waals surface area (Å²) in [6, 6.07) is 14.5. The Balaban J connectivity index is 1.82. The minimum atomic E-state index is -0.181. The molecular weight excluding hydrogens is 354 g/mol. The van der Waals surface area contributed by atoms with E-state index in [1.165, 1.54) is 0 Å². The second kappa shape index (κ2) is 10.8. The predicted octanol–water partition coefficient (Wildman–Crippen LogP) is 4.43. The van der Waals surface area contributed by atoms with Crippen LogP contribution in [0, 0.1) is 0 Å². The average molecular weight is 381 g/mol. The molecule has 6 nitrogen and oxygen atoms in total. The molecule has 2 rings (SSSR count). The highest BCUT2D eigenvalue weighted by molar-refractivity contribution is 5.95. The number of hydrogen-bond acceptors (Lipinski definition) is 4. The van der Waals surface area contributed by atoms with Gasteiger partial charge in [-0.3, -0.25) is 9.59 Å². The maximum absolute atomic E-state index is 12.2. The Labute approximate surface area is 166 Å². The molecule has 0 aliphatic carbocycles. The van der Waals surface area contributed by atoms with Gasteiger partial charge in [-0.05, 0) is 61.4 Å². The van der Waals surface area contributed by atoms with E-state index in [9.17, 15) is 9.59 Å². The molecule has 0 heterocycles. The van der Waals surface area contributed by atoms with E-state index in [0.29, 0.717) is 24.4 Å². The number of hydrogen-bond donors (Lipinski definition) is 3. The summed E-state index contributed by atoms with van der Waals surface area (Å²) < 4.78 is 5.54. The van der Waals surface area contributed by atoms with Crippen LogP contribution in [0.4, 0.5) is 17.1 Å². The van der Waals surface area contributed by atoms with Crippen molar-refractivity contribution in [3.05, 3.63) is 60.7 Å². The van der Waals surface area contributed by atoms with Crippen molar-refractivity contribution in [3.63, 3.8) is 0 Å². The van der Waals surface area contributed by atoms with Gasteiger partial charge in [0, 0.05) is 23.5 Å². The first-order chi connectivity index (χ1) is 13.5. The molecule has 0 aromatic heterocycles. The average Bonchev–Trinajstić information content (AvgIpc) is 2.66. The van der Waals surface area contributed by atoms with Crippen molar-refractivity contribution in [2.24, 2.45) is 0 Å². The Morgan fingerprint density at radius 3 is 2.21 bits per heavy atom. The fourth-order valence-electron chi connectivity index (χ4n) is 2.39. The Morgan fingerprint density at radius 2 is 1.61 bits per heavy atom. The normalized spacial score (nSPS) is 10.1. The number of benzene rings is 2. The lowest BCUT2D eigenvalue weighted by Crippen LogP contribution is -2.21. The zero-order valence-electron chi connectivity index (χ0n) is 16.4. The lowest BCUT2D eigenvalue weighted by molar-refractivity contribution is -0.116. The molecule has 2 amide bonds. The lowest BCUT2D eigenvalue weighted by atomic mass is 10.2. The second-order valence-electron chi connectivity index (χ2n) is 6.55. The van der Waals surface area contributed by atoms with E-state index in [-0.39, 0.29) is 18.4 Å². The van der Waals surface area contributed by atoms with E-state index >= 15 is 0 Å². The van der Waals surface area contributed by atoms with Gasteiger partial charge in [-0.2, -0.15) is 0 Å². The molecule has 0 fully saturated rings. The van der Waals surface area contributed by atoms with Gasteiger partial charge in [-0.1, -0.05) is 19.6 Å². The monoisotopic (exact) mass is 381 g/mol. The summed E-state index contributed by atoms with van der Waals surface area (Å²) in [6.07, 6.45) is 1.26. The molecule has 148 valence electrons. The van der Waals surface area contributed by atoms with Gasteiger partial charge in [-0.15, -0.1) is 0 Å². The molecule has 2 aromatic rings. The van der Waals surface area contributed by atoms with Gasteiger partial charge in [0.15, 0.2) is 0 Å². The Bertz CT molecular complexity index is 816. The summed E-state index contributed by atoms with van der Waals surface area (Å²) in [6.45, 7) is 8.26. The first-order valence-electron chi connectivity index (χ1n) is 9.27. The largest absolute Gasteiger partial charge is 0.489 e. The molecule has 2 aromatic carbocycles. The van der Waals surface area contributed by atoms with Crippen molar-refractivity contribution >= 4 is 28.9 Å². The highest BCUT2D eigenvalue weighted by Gasteiger charge is 2.05. The SMILES string of the molecule is C=C(C)COc1ccc(NCC(=O)Nc2cccc(NC(=O)CCC)c2)cc1. The Hall–Kier alpha value is -3.28. The van der Waals surface area contributed by atoms with E-state index in [2.05, 4.69) is 22.5 Å². The van der Waals surface area contributed by atoms with Crippen LogP contribution in [0.1, 0.15) is 26.7 Å². The molecule has 0 aliphatic heterocycles. The van der Waals surface area contributed by atoms with Crippen molar-refractivity contribution in [1.82, 2.24) is 0 Å². The molecule has 0 radical (unpaired) electrons. The summed E-state index contributed by atoms with van der Waals surface area (Å²) in [4.78, 5) is 23.9. The van der Waals surface area contributed by atoms with Crippen LogP contribution < -0.4 is 20.7 Å². The third-order valence-electron chi connectivity index (χ3n) is 3.70. The van der Waals surface area contributed by atoms with Crippen molar-refractivity contribution in [2.45, 2.75) is 26.7 Å². The van der Waals surface area contributed by atoms with Crippen molar-refractivity contribution in [2.75, 3.05) is 29.1 Å². The maximum Gasteiger partial charge on any atom is 0.243 e. The van der Waals surface area contributed by atoms with Crippen molar-refractivity contribution < 1.29 is 14.3 Å². The topological polar surface area (TPSA) is 79.5 Å². The van der Waals surface area contributed by atoms with Crippen LogP contribution in [-0.4, -0.2) is 25.0 Å². The van der Waals surface area contributed by atoms with Gasteiger partial charge in [0.1, 0.15) is 12.4 Å². The zero-order chi connectivity index (χ0) is 20.4. The summed E-state index contributed by atoms with van der Waals surface area (Å²) in [5, 5.41) is 8.69. The van der Waals surface area contributed by atoms with Crippen molar-refractivity contribution in [3.8, 4) is 5.75 Å². The molecule has 0 saturated heterocycles. The molecule has 0 saturated carbocycles. The first-order valence-corrected chi connectivity index (χ1v) is 9.27. The molecule has 0 spiro atoms. The molecule has 0 bridgehead atoms. The fourth-order valence-corrected chi connectivity index (χ4v) is 2.39. The van der Waals surface area contributed by atoms with Crippen LogP contribution in [0.15, 0.2) is 60.7 Å². The van der Waals surface area contributed by atoms with Gasteiger partial charge in [0.05, 0.1) is 6.54 Å². The van der Waals surface area contributed by atoms with E-state index in [4.69, 9.17) is 4.74 Å². The Morgan fingerprint density at radius 1 is 0.964 bits per heavy atom. The number of anilines is 3. The van der Waals surface area contributed by atoms with Gasteiger partial charge in [0.2, 0.25) is 11.8 Å². The van der Waals surface area contributed by atoms with Crippen LogP contribution in [0.2, 0.25) is 0 Å². The van der Waals surface area contributed by atoms with Gasteiger partial charge >= 0.3 is 0 Å². The third-order valence-corrected chi connectivity index (χ3v) is 3.70. The number of carbonyl (C=O) groups excluding carboxylic acids is 2. The van der Waals surface area contributed by atoms with Crippen LogP contribution >= 0.6 is 0 Å². The highest BCUT2D eigenvalue weighted by Crippen LogP contribution is 2.17. The van der Waals surface area contributed by atoms with Crippen LogP contribution in [-0.2, 0) is 9.59 Å². The predicted molar refractivity (Wildman–Crippen MR) is 114 cm³/mol. The summed E-state index contributed by atoms with van der Waals surface area (Å²) in [5.41, 5.74) is 3.06. The van der Waals surface area contributed by atoms with Crippen LogP contribution in [0.5, 0.6) is 5.75 Å². The van der Waals surface area contributed by atoms with Crippen LogP contribution in [0.25, 0.3) is 0 Å². The van der Waals surface area contributed by atoms with E-state index in [1.54, 1.807) is 24.3 Å². The van der Waals surface area contributed by atoms with Gasteiger partial charge in [-0.25, -0.2) is 0 Å². The number of nitrogens with one attached hydrogen (secondary N) is 3. The Kier molecular flexibility index (Phi) is 8.09. The maximum atomic E-state index is 12.2. The number of ether oxygens (including phenoxy) is 1. The highest BCUT2D eigenvalue weighted by atomic mass is 16.5. The van der Waals surface area contributed by atoms with Crippen LogP contribution in [0.3, 0.4) is 0 Å². The molecule has 28 heavy (non-hydrogen) atoms. The second-order valence-corrected chi connectivity index (χ2v) is 6.55. The minimum Gasteiger partial charge on any atom is -0.489 e. The molecule has 3 N–H and O–H groups in total. The molecule has 0 aliphatic rings. The zero-order valence-corrected chi connectivity index (χ0v) is 16.4. The standard InChI is InChI=1S/C22H27N3O3/c1-4-6-21(26)24-18-7-5-8-19(13-18)25-22(27)14-23-17-9-11-20(12-10-17)28-15-16(2)3/h5,7-13,23H,2,4,6,14-15H2,1,3H3,(H,24,26)(H,25,27). The minimum absolute atomic E-state index is 0.0386. The quantitative estimate of drug-likeness (QED) is 0.532. The molecule has 6 heteroatoms. The van der Waals surface area contributed by atoms with Crippen molar-refractivity contribution in [1.29, 1.82) is 0 Å². The third kappa shape index (κ3) is 7.53. The van der Waals surface area contributed by atoms with E-state index in [0.717, 1.165) is 23.4 Å². The summed E-state index contributed by atoms with van der Waals surface area (Å²) in [7, 11) is 0. The van der Waals surface area contributed by atoms with Gasteiger partial charge in [0.25, 0.3) is 0 Å². The molecule has 0 atom stereocenters. The first kappa shape index (κ1) is 21.0. The van der Waals surface area contributed by atoms with E-state index in [1.807, 2.05) is 38.1 Å². The summed E-state index contributed by atoms with van der Waals surface area (Å²) >= 11 is 0. The molecular formula is C22H27N3O3. The number of rotatable bonds is 10. The van der Waals surface area contributed by atoms with Gasteiger partial charge < -0.3 is 20.7 Å². The lowest BCUT2D eigenvalue weighted by Gasteiger charge is -2.11. The number of carbonyl (C=O) groups is 2. The molecule has 0 unspecified atom stereocenters. The number of amides is 2.